The van der Waals surface area contributed by atoms with Crippen molar-refractivity contribution in [2.45, 2.75) is 6.18 Å². The number of anilines is 1. The van der Waals surface area contributed by atoms with Crippen molar-refractivity contribution in [2.75, 3.05) is 5.32 Å². The van der Waals surface area contributed by atoms with Crippen molar-refractivity contribution in [3.8, 4) is 6.07 Å². The molecule has 0 spiro atoms. The Labute approximate surface area is 185 Å². The number of ketones is 2. The summed E-state index contributed by atoms with van der Waals surface area (Å²) in [6.07, 6.45) is -3.53. The Morgan fingerprint density at radius 2 is 1.48 bits per heavy atom. The van der Waals surface area contributed by atoms with E-state index in [-0.39, 0.29) is 39.5 Å². The van der Waals surface area contributed by atoms with Crippen molar-refractivity contribution in [2.24, 2.45) is 0 Å². The molecule has 33 heavy (non-hydrogen) atoms. The zero-order valence-electron chi connectivity index (χ0n) is 16.7. The summed E-state index contributed by atoms with van der Waals surface area (Å²) < 4.78 is 38.7. The summed E-state index contributed by atoms with van der Waals surface area (Å²) in [7, 11) is 0. The van der Waals surface area contributed by atoms with Crippen LogP contribution in [0.4, 0.5) is 18.9 Å². The Morgan fingerprint density at radius 3 is 2.12 bits per heavy atom. The number of amides is 1. The Bertz CT molecular complexity index is 1400. The number of carbonyl (C=O) groups excluding carboxylic acids is 3. The van der Waals surface area contributed by atoms with Crippen molar-refractivity contribution in [1.82, 2.24) is 0 Å². The van der Waals surface area contributed by atoms with Crippen molar-refractivity contribution >= 4 is 29.2 Å². The summed E-state index contributed by atoms with van der Waals surface area (Å²) in [6, 6.07) is 16.4. The standard InChI is InChI=1S/C25H13F3N2O3/c26-25(27,28)16-5-3-4-14(11-16)10-15(13-29)24(33)30-17-8-9-20-21(12-17)23(32)19-7-2-1-6-18(19)22(20)31/h1-12H,(H,30,33)/b15-10+. The van der Waals surface area contributed by atoms with Gasteiger partial charge in [0.2, 0.25) is 0 Å². The third-order valence-corrected chi connectivity index (χ3v) is 5.07. The molecule has 0 bridgehead atoms. The van der Waals surface area contributed by atoms with Crippen molar-refractivity contribution in [1.29, 1.82) is 5.26 Å². The molecular formula is C25H13F3N2O3. The van der Waals surface area contributed by atoms with E-state index in [0.29, 0.717) is 5.56 Å². The number of nitrogens with zero attached hydrogens (tertiary/aromatic N) is 1. The maximum absolute atomic E-state index is 12.9. The summed E-state index contributed by atoms with van der Waals surface area (Å²) in [4.78, 5) is 38.1. The second kappa shape index (κ2) is 8.20. The number of alkyl halides is 3. The van der Waals surface area contributed by atoms with E-state index in [4.69, 9.17) is 0 Å². The fourth-order valence-electron chi connectivity index (χ4n) is 3.50. The van der Waals surface area contributed by atoms with E-state index in [9.17, 15) is 32.8 Å². The molecule has 3 aromatic rings. The molecule has 1 aliphatic carbocycles. The fourth-order valence-corrected chi connectivity index (χ4v) is 3.50. The van der Waals surface area contributed by atoms with E-state index in [2.05, 4.69) is 5.32 Å². The molecule has 0 unspecified atom stereocenters. The number of hydrogen-bond acceptors (Lipinski definition) is 4. The van der Waals surface area contributed by atoms with Crippen molar-refractivity contribution in [3.63, 3.8) is 0 Å². The zero-order chi connectivity index (χ0) is 23.8. The first-order chi connectivity index (χ1) is 15.7. The van der Waals surface area contributed by atoms with E-state index >= 15 is 0 Å². The molecule has 0 fully saturated rings. The number of nitrogens with one attached hydrogen (secondary N) is 1. The number of rotatable bonds is 3. The van der Waals surface area contributed by atoms with Gasteiger partial charge < -0.3 is 5.32 Å². The van der Waals surface area contributed by atoms with Gasteiger partial charge in [0, 0.05) is 27.9 Å². The Balaban J connectivity index is 1.61. The van der Waals surface area contributed by atoms with E-state index < -0.39 is 23.2 Å². The van der Waals surface area contributed by atoms with Crippen molar-refractivity contribution < 1.29 is 27.6 Å². The first-order valence-corrected chi connectivity index (χ1v) is 9.62. The summed E-state index contributed by atoms with van der Waals surface area (Å²) in [6.45, 7) is 0. The first kappa shape index (κ1) is 21.7. The average Bonchev–Trinajstić information content (AvgIpc) is 2.80. The number of nitriles is 1. The Morgan fingerprint density at radius 1 is 0.848 bits per heavy atom. The molecule has 0 atom stereocenters. The van der Waals surface area contributed by atoms with Gasteiger partial charge in [-0.05, 0) is 42.0 Å². The number of hydrogen-bond donors (Lipinski definition) is 1. The van der Waals surface area contributed by atoms with Gasteiger partial charge in [-0.25, -0.2) is 0 Å². The van der Waals surface area contributed by atoms with Crippen LogP contribution in [0.1, 0.15) is 43.0 Å². The summed E-state index contributed by atoms with van der Waals surface area (Å²) in [5, 5.41) is 11.8. The van der Waals surface area contributed by atoms with E-state index in [0.717, 1.165) is 18.2 Å². The maximum Gasteiger partial charge on any atom is 0.416 e. The first-order valence-electron chi connectivity index (χ1n) is 9.62. The lowest BCUT2D eigenvalue weighted by molar-refractivity contribution is -0.137. The number of benzene rings is 3. The van der Waals surface area contributed by atoms with E-state index in [1.165, 1.54) is 36.4 Å². The molecule has 1 amide bonds. The molecule has 0 saturated heterocycles. The lowest BCUT2D eigenvalue weighted by Gasteiger charge is -2.18. The van der Waals surface area contributed by atoms with Crippen LogP contribution in [-0.4, -0.2) is 17.5 Å². The monoisotopic (exact) mass is 446 g/mol. The lowest BCUT2D eigenvalue weighted by Crippen LogP contribution is -2.21. The summed E-state index contributed by atoms with van der Waals surface area (Å²) in [5.41, 5.74) is -0.313. The largest absolute Gasteiger partial charge is 0.416 e. The normalized spacial score (nSPS) is 13.1. The van der Waals surface area contributed by atoms with Crippen LogP contribution in [0.25, 0.3) is 6.08 Å². The maximum atomic E-state index is 12.9. The van der Waals surface area contributed by atoms with E-state index in [1.807, 2.05) is 0 Å². The molecular weight excluding hydrogens is 433 g/mol. The van der Waals surface area contributed by atoms with Gasteiger partial charge in [0.15, 0.2) is 11.6 Å². The minimum atomic E-state index is -4.56. The highest BCUT2D eigenvalue weighted by Crippen LogP contribution is 2.31. The van der Waals surface area contributed by atoms with Crippen LogP contribution in [-0.2, 0) is 11.0 Å². The van der Waals surface area contributed by atoms with E-state index in [1.54, 1.807) is 24.3 Å². The minimum Gasteiger partial charge on any atom is -0.321 e. The topological polar surface area (TPSA) is 87.0 Å². The number of halogens is 3. The Kier molecular flexibility index (Phi) is 5.40. The molecule has 0 aromatic heterocycles. The number of carbonyl (C=O) groups is 3. The molecule has 0 heterocycles. The fraction of sp³-hybridized carbons (Fsp3) is 0.0400. The predicted molar refractivity (Wildman–Crippen MR) is 113 cm³/mol. The molecule has 162 valence electrons. The van der Waals surface area contributed by atoms with Gasteiger partial charge in [-0.15, -0.1) is 0 Å². The van der Waals surface area contributed by atoms with Gasteiger partial charge in [-0.3, -0.25) is 14.4 Å². The Hall–Kier alpha value is -4.51. The highest BCUT2D eigenvalue weighted by molar-refractivity contribution is 6.28. The van der Waals surface area contributed by atoms with Gasteiger partial charge in [0.1, 0.15) is 11.6 Å². The van der Waals surface area contributed by atoms with Crippen molar-refractivity contribution in [3.05, 3.63) is 106 Å². The smallest absolute Gasteiger partial charge is 0.321 e. The van der Waals surface area contributed by atoms with Crippen LogP contribution < -0.4 is 5.32 Å². The van der Waals surface area contributed by atoms with Gasteiger partial charge in [-0.1, -0.05) is 36.4 Å². The lowest BCUT2D eigenvalue weighted by atomic mass is 9.84. The molecule has 8 heteroatoms. The molecule has 3 aromatic carbocycles. The highest BCUT2D eigenvalue weighted by atomic mass is 19.4. The van der Waals surface area contributed by atoms with Crippen LogP contribution >= 0.6 is 0 Å². The van der Waals surface area contributed by atoms with Gasteiger partial charge >= 0.3 is 6.18 Å². The second-order valence-electron chi connectivity index (χ2n) is 7.21. The van der Waals surface area contributed by atoms with Gasteiger partial charge in [0.25, 0.3) is 5.91 Å². The average molecular weight is 446 g/mol. The summed E-state index contributed by atoms with van der Waals surface area (Å²) in [5.74, 6) is -1.57. The molecule has 1 N–H and O–H groups in total. The highest BCUT2D eigenvalue weighted by Gasteiger charge is 2.31. The molecule has 1 aliphatic rings. The SMILES string of the molecule is N#C/C(=C\c1cccc(C(F)(F)F)c1)C(=O)Nc1ccc2c(c1)C(=O)c1ccccc1C2=O. The van der Waals surface area contributed by atoms with Gasteiger partial charge in [-0.2, -0.15) is 18.4 Å². The van der Waals surface area contributed by atoms with Crippen LogP contribution in [0.3, 0.4) is 0 Å². The summed E-state index contributed by atoms with van der Waals surface area (Å²) >= 11 is 0. The van der Waals surface area contributed by atoms with Gasteiger partial charge in [0.05, 0.1) is 5.56 Å². The predicted octanol–water partition coefficient (Wildman–Crippen LogP) is 5.03. The molecule has 0 saturated carbocycles. The third-order valence-electron chi connectivity index (χ3n) is 5.07. The second-order valence-corrected chi connectivity index (χ2v) is 7.21. The quantitative estimate of drug-likeness (QED) is 0.353. The molecule has 5 nitrogen and oxygen atoms in total. The molecule has 4 rings (SSSR count). The molecule has 0 radical (unpaired) electrons. The minimum absolute atomic E-state index is 0.0272. The van der Waals surface area contributed by atoms with Crippen LogP contribution in [0.15, 0.2) is 72.3 Å². The number of fused-ring (bicyclic) bond motifs is 2. The van der Waals surface area contributed by atoms with Crippen LogP contribution in [0.2, 0.25) is 0 Å². The third kappa shape index (κ3) is 4.16. The van der Waals surface area contributed by atoms with Crippen LogP contribution in [0.5, 0.6) is 0 Å². The molecule has 0 aliphatic heterocycles. The zero-order valence-corrected chi connectivity index (χ0v) is 16.7. The van der Waals surface area contributed by atoms with Crippen LogP contribution in [0, 0.1) is 11.3 Å².